The number of hydrogen-bond acceptors (Lipinski definition) is 0. The summed E-state index contributed by atoms with van der Waals surface area (Å²) in [6.45, 7) is 4.99. The Balaban J connectivity index is 1.46. The highest BCUT2D eigenvalue weighted by Crippen LogP contribution is 2.36. The van der Waals surface area contributed by atoms with Crippen molar-refractivity contribution in [3.05, 3.63) is 109 Å². The maximum atomic E-state index is 2.50. The van der Waals surface area contributed by atoms with Crippen LogP contribution in [0.4, 0.5) is 0 Å². The van der Waals surface area contributed by atoms with Gasteiger partial charge >= 0.3 is 0 Å². The molecule has 6 aromatic carbocycles. The summed E-state index contributed by atoms with van der Waals surface area (Å²) >= 11 is 0. The summed E-state index contributed by atoms with van der Waals surface area (Å²) in [5.74, 6) is 0. The monoisotopic (exact) mass is 436 g/mol. The molecule has 0 spiro atoms. The van der Waals surface area contributed by atoms with Gasteiger partial charge in [0.25, 0.3) is 0 Å². The second-order valence-corrected chi connectivity index (χ2v) is 14.1. The topological polar surface area (TPSA) is 0 Å². The summed E-state index contributed by atoms with van der Waals surface area (Å²) in [5.41, 5.74) is 5.39. The van der Waals surface area contributed by atoms with E-state index in [4.69, 9.17) is 0 Å². The maximum Gasteiger partial charge on any atom is 0.113 e. The third kappa shape index (κ3) is 2.63. The van der Waals surface area contributed by atoms with Gasteiger partial charge in [-0.05, 0) is 77.1 Å². The van der Waals surface area contributed by atoms with E-state index in [2.05, 4.69) is 122 Å². The minimum atomic E-state index is -1.76. The van der Waals surface area contributed by atoms with Crippen molar-refractivity contribution in [3.8, 4) is 22.3 Å². The molecule has 0 aromatic heterocycles. The molecule has 1 heteroatoms. The lowest BCUT2D eigenvalue weighted by molar-refractivity contribution is 1.61. The molecule has 1 aliphatic heterocycles. The molecule has 7 rings (SSSR count). The third-order valence-corrected chi connectivity index (χ3v) is 11.2. The molecule has 0 saturated heterocycles. The Bertz CT molecular complexity index is 1730. The lowest BCUT2D eigenvalue weighted by Gasteiger charge is -2.33. The Morgan fingerprint density at radius 3 is 2.06 bits per heavy atom. The average Bonchev–Trinajstić information content (AvgIpc) is 2.86. The highest BCUT2D eigenvalue weighted by atomic mass is 28.3. The van der Waals surface area contributed by atoms with Crippen LogP contribution in [0.5, 0.6) is 0 Å². The lowest BCUT2D eigenvalue weighted by Crippen LogP contribution is -2.55. The smallest absolute Gasteiger partial charge is 0.0619 e. The van der Waals surface area contributed by atoms with Crippen molar-refractivity contribution in [3.63, 3.8) is 0 Å². The summed E-state index contributed by atoms with van der Waals surface area (Å²) in [6.07, 6.45) is 0. The first kappa shape index (κ1) is 18.8. The van der Waals surface area contributed by atoms with Gasteiger partial charge in [0.05, 0.1) is 0 Å². The van der Waals surface area contributed by atoms with Crippen molar-refractivity contribution in [1.29, 1.82) is 0 Å². The number of hydrogen-bond donors (Lipinski definition) is 0. The number of rotatable bonds is 1. The van der Waals surface area contributed by atoms with Crippen LogP contribution in [-0.2, 0) is 0 Å². The van der Waals surface area contributed by atoms with Gasteiger partial charge in [-0.3, -0.25) is 0 Å². The second-order valence-electron chi connectivity index (χ2n) is 9.82. The molecule has 0 unspecified atom stereocenters. The largest absolute Gasteiger partial charge is 0.113 e. The van der Waals surface area contributed by atoms with Crippen LogP contribution in [0, 0.1) is 0 Å². The molecule has 0 amide bonds. The van der Waals surface area contributed by atoms with Gasteiger partial charge in [-0.2, -0.15) is 0 Å². The molecule has 156 valence electrons. The predicted molar refractivity (Wildman–Crippen MR) is 147 cm³/mol. The van der Waals surface area contributed by atoms with Gasteiger partial charge < -0.3 is 0 Å². The van der Waals surface area contributed by atoms with Gasteiger partial charge in [0.1, 0.15) is 8.07 Å². The highest BCUT2D eigenvalue weighted by molar-refractivity contribution is 7.03. The van der Waals surface area contributed by atoms with E-state index in [1.807, 2.05) is 0 Å². The Labute approximate surface area is 195 Å². The normalized spacial score (nSPS) is 14.0. The molecule has 0 fully saturated rings. The van der Waals surface area contributed by atoms with E-state index in [-0.39, 0.29) is 0 Å². The van der Waals surface area contributed by atoms with Gasteiger partial charge in [0.15, 0.2) is 0 Å². The molecule has 1 aliphatic rings. The lowest BCUT2D eigenvalue weighted by atomic mass is 9.93. The van der Waals surface area contributed by atoms with E-state index < -0.39 is 8.07 Å². The van der Waals surface area contributed by atoms with Gasteiger partial charge in [0, 0.05) is 0 Å². The fourth-order valence-electron chi connectivity index (χ4n) is 5.92. The Hall–Kier alpha value is -3.68. The van der Waals surface area contributed by atoms with E-state index in [1.165, 1.54) is 54.6 Å². The molecule has 0 N–H and O–H groups in total. The Morgan fingerprint density at radius 2 is 1.15 bits per heavy atom. The Morgan fingerprint density at radius 1 is 0.455 bits per heavy atom. The molecule has 0 bridgehead atoms. The van der Waals surface area contributed by atoms with Crippen molar-refractivity contribution in [1.82, 2.24) is 0 Å². The van der Waals surface area contributed by atoms with E-state index in [1.54, 1.807) is 10.4 Å². The molecular formula is C32H24Si. The zero-order valence-corrected chi connectivity index (χ0v) is 19.9. The van der Waals surface area contributed by atoms with Crippen LogP contribution < -0.4 is 10.4 Å². The molecule has 0 nitrogen and oxygen atoms in total. The minimum absolute atomic E-state index is 1.28. The van der Waals surface area contributed by atoms with Crippen molar-refractivity contribution in [2.24, 2.45) is 0 Å². The zero-order valence-electron chi connectivity index (χ0n) is 18.9. The fraction of sp³-hybridized carbons (Fsp3) is 0.0625. The molecule has 0 saturated carbocycles. The fourth-order valence-corrected chi connectivity index (χ4v) is 9.00. The van der Waals surface area contributed by atoms with Crippen LogP contribution in [0.15, 0.2) is 109 Å². The third-order valence-electron chi connectivity index (χ3n) is 7.64. The highest BCUT2D eigenvalue weighted by Gasteiger charge is 2.35. The summed E-state index contributed by atoms with van der Waals surface area (Å²) in [5, 5.41) is 11.2. The van der Waals surface area contributed by atoms with Crippen LogP contribution in [0.3, 0.4) is 0 Å². The number of fused-ring (bicyclic) bond motifs is 5. The first-order valence-electron chi connectivity index (χ1n) is 11.7. The molecule has 0 atom stereocenters. The van der Waals surface area contributed by atoms with E-state index in [0.717, 1.165) is 0 Å². The van der Waals surface area contributed by atoms with Crippen molar-refractivity contribution in [2.75, 3.05) is 0 Å². The first-order chi connectivity index (χ1) is 16.1. The van der Waals surface area contributed by atoms with Crippen LogP contribution in [0.2, 0.25) is 13.1 Å². The van der Waals surface area contributed by atoms with E-state index >= 15 is 0 Å². The van der Waals surface area contributed by atoms with Gasteiger partial charge in [0.2, 0.25) is 0 Å². The second kappa shape index (κ2) is 6.66. The van der Waals surface area contributed by atoms with Crippen molar-refractivity contribution < 1.29 is 0 Å². The standard InChI is InChI=1S/C32H24Si/c1-33(2)30-18-16-24(20-29(30)28-11-5-8-22-9-6-12-31(33)32(22)28)23-15-17-27-25(19-23)14-13-21-7-3-4-10-26(21)27/h3-20H,1-2H3. The van der Waals surface area contributed by atoms with Crippen LogP contribution >= 0.6 is 0 Å². The average molecular weight is 437 g/mol. The zero-order chi connectivity index (χ0) is 22.2. The van der Waals surface area contributed by atoms with Crippen molar-refractivity contribution in [2.45, 2.75) is 13.1 Å². The molecule has 0 aliphatic carbocycles. The summed E-state index contributed by atoms with van der Waals surface area (Å²) < 4.78 is 0. The molecule has 0 radical (unpaired) electrons. The van der Waals surface area contributed by atoms with Gasteiger partial charge in [-0.25, -0.2) is 0 Å². The summed E-state index contributed by atoms with van der Waals surface area (Å²) in [4.78, 5) is 0. The minimum Gasteiger partial charge on any atom is -0.0619 e. The molecule has 6 aromatic rings. The quantitative estimate of drug-likeness (QED) is 0.184. The van der Waals surface area contributed by atoms with Gasteiger partial charge in [-0.1, -0.05) is 110 Å². The molecule has 33 heavy (non-hydrogen) atoms. The van der Waals surface area contributed by atoms with Gasteiger partial charge in [-0.15, -0.1) is 0 Å². The van der Waals surface area contributed by atoms with Crippen LogP contribution in [0.1, 0.15) is 0 Å². The summed E-state index contributed by atoms with van der Waals surface area (Å²) in [7, 11) is -1.76. The molecule has 1 heterocycles. The SMILES string of the molecule is C[Si]1(C)c2ccc(-c3ccc4c(ccc5ccccc54)c3)cc2-c2cccc3cccc1c23. The van der Waals surface area contributed by atoms with E-state index in [9.17, 15) is 0 Å². The van der Waals surface area contributed by atoms with Crippen molar-refractivity contribution >= 4 is 50.8 Å². The van der Waals surface area contributed by atoms with Crippen LogP contribution in [-0.4, -0.2) is 8.07 Å². The first-order valence-corrected chi connectivity index (χ1v) is 14.7. The Kier molecular flexibility index (Phi) is 3.81. The number of benzene rings is 6. The predicted octanol–water partition coefficient (Wildman–Crippen LogP) is 7.62. The maximum absolute atomic E-state index is 2.50. The van der Waals surface area contributed by atoms with Crippen LogP contribution in [0.25, 0.3) is 54.6 Å². The molecular weight excluding hydrogens is 412 g/mol. The van der Waals surface area contributed by atoms with E-state index in [0.29, 0.717) is 0 Å². The summed E-state index contributed by atoms with van der Waals surface area (Å²) in [6, 6.07) is 40.9.